The number of aromatic hydroxyl groups is 1. The van der Waals surface area contributed by atoms with E-state index in [0.29, 0.717) is 5.75 Å². The molecule has 5 heteroatoms. The van der Waals surface area contributed by atoms with Gasteiger partial charge in [0.15, 0.2) is 11.5 Å². The molecule has 1 atom stereocenters. The largest absolute Gasteiger partial charge is 0.504 e. The fourth-order valence-electron chi connectivity index (χ4n) is 2.60. The van der Waals surface area contributed by atoms with Crippen LogP contribution in [0.25, 0.3) is 0 Å². The van der Waals surface area contributed by atoms with Crippen molar-refractivity contribution in [1.82, 2.24) is 4.90 Å². The highest BCUT2D eigenvalue weighted by Gasteiger charge is 2.32. The van der Waals surface area contributed by atoms with Crippen molar-refractivity contribution in [2.45, 2.75) is 19.9 Å². The van der Waals surface area contributed by atoms with E-state index < -0.39 is 0 Å². The monoisotopic (exact) mass is 286 g/mol. The number of likely N-dealkylation sites (tertiary alicyclic amines) is 1. The van der Waals surface area contributed by atoms with E-state index >= 15 is 0 Å². The lowest BCUT2D eigenvalue weighted by Crippen LogP contribution is -2.31. The van der Waals surface area contributed by atoms with Crippen LogP contribution in [0.3, 0.4) is 0 Å². The summed E-state index contributed by atoms with van der Waals surface area (Å²) < 4.78 is 5.26. The minimum absolute atomic E-state index is 0. The number of benzene rings is 1. The van der Waals surface area contributed by atoms with Gasteiger partial charge < -0.3 is 15.6 Å². The van der Waals surface area contributed by atoms with Gasteiger partial charge in [0.05, 0.1) is 7.11 Å². The first-order valence-electron chi connectivity index (χ1n) is 6.35. The first-order chi connectivity index (χ1) is 8.58. The van der Waals surface area contributed by atoms with Crippen LogP contribution in [0, 0.1) is 5.41 Å². The third-order valence-corrected chi connectivity index (χ3v) is 3.80. The van der Waals surface area contributed by atoms with Crippen LogP contribution in [-0.4, -0.2) is 36.8 Å². The van der Waals surface area contributed by atoms with Crippen molar-refractivity contribution in [3.8, 4) is 11.5 Å². The molecule has 0 aromatic heterocycles. The number of nitrogens with zero attached hydrogens (tertiary/aromatic N) is 1. The highest BCUT2D eigenvalue weighted by atomic mass is 35.5. The van der Waals surface area contributed by atoms with Gasteiger partial charge in [-0.3, -0.25) is 4.90 Å². The van der Waals surface area contributed by atoms with Crippen molar-refractivity contribution in [3.63, 3.8) is 0 Å². The number of rotatable bonds is 4. The van der Waals surface area contributed by atoms with Gasteiger partial charge in [-0.1, -0.05) is 19.1 Å². The summed E-state index contributed by atoms with van der Waals surface area (Å²) in [6, 6.07) is 5.50. The molecule has 3 N–H and O–H groups in total. The lowest BCUT2D eigenvalue weighted by molar-refractivity contribution is 0.269. The summed E-state index contributed by atoms with van der Waals surface area (Å²) >= 11 is 0. The molecule has 0 saturated carbocycles. The zero-order valence-electron chi connectivity index (χ0n) is 11.6. The van der Waals surface area contributed by atoms with Crippen LogP contribution in [0.4, 0.5) is 0 Å². The Kier molecular flexibility index (Phi) is 5.47. The number of halogens is 1. The average Bonchev–Trinajstić information content (AvgIpc) is 2.72. The molecule has 2 rings (SSSR count). The fourth-order valence-corrected chi connectivity index (χ4v) is 2.60. The van der Waals surface area contributed by atoms with Gasteiger partial charge in [0.25, 0.3) is 0 Å². The van der Waals surface area contributed by atoms with Gasteiger partial charge in [0.1, 0.15) is 0 Å². The Bertz CT molecular complexity index is 428. The van der Waals surface area contributed by atoms with Gasteiger partial charge in [-0.05, 0) is 31.0 Å². The summed E-state index contributed by atoms with van der Waals surface area (Å²) in [7, 11) is 1.59. The summed E-state index contributed by atoms with van der Waals surface area (Å²) in [5.74, 6) is 0.787. The predicted molar refractivity (Wildman–Crippen MR) is 79.0 cm³/mol. The minimum atomic E-state index is 0. The molecule has 0 spiro atoms. The van der Waals surface area contributed by atoms with Crippen LogP contribution in [-0.2, 0) is 6.54 Å². The summed E-state index contributed by atoms with van der Waals surface area (Å²) in [5, 5.41) is 9.75. The zero-order valence-corrected chi connectivity index (χ0v) is 12.4. The topological polar surface area (TPSA) is 58.7 Å². The Hall–Kier alpha value is -0.970. The van der Waals surface area contributed by atoms with Crippen LogP contribution in [0.5, 0.6) is 11.5 Å². The molecule has 4 nitrogen and oxygen atoms in total. The Balaban J connectivity index is 0.00000180. The molecule has 0 bridgehead atoms. The van der Waals surface area contributed by atoms with Gasteiger partial charge in [0, 0.05) is 18.7 Å². The van der Waals surface area contributed by atoms with Crippen LogP contribution < -0.4 is 10.5 Å². The predicted octanol–water partition coefficient (Wildman–Crippen LogP) is 1.99. The number of phenols is 1. The second-order valence-corrected chi connectivity index (χ2v) is 5.44. The van der Waals surface area contributed by atoms with E-state index in [0.717, 1.165) is 38.2 Å². The maximum atomic E-state index is 9.75. The van der Waals surface area contributed by atoms with E-state index in [-0.39, 0.29) is 23.6 Å². The Labute approximate surface area is 121 Å². The van der Waals surface area contributed by atoms with Crippen molar-refractivity contribution >= 4 is 12.4 Å². The van der Waals surface area contributed by atoms with Crippen LogP contribution in [0.15, 0.2) is 18.2 Å². The third kappa shape index (κ3) is 3.53. The average molecular weight is 287 g/mol. The maximum absolute atomic E-state index is 9.75. The molecular weight excluding hydrogens is 264 g/mol. The summed E-state index contributed by atoms with van der Waals surface area (Å²) in [6.45, 7) is 5.80. The highest BCUT2D eigenvalue weighted by molar-refractivity contribution is 5.85. The molecule has 0 radical (unpaired) electrons. The lowest BCUT2D eigenvalue weighted by Gasteiger charge is -2.23. The molecule has 1 fully saturated rings. The number of nitrogens with two attached hydrogens (primary N) is 1. The van der Waals surface area contributed by atoms with Gasteiger partial charge >= 0.3 is 0 Å². The van der Waals surface area contributed by atoms with Crippen LogP contribution in [0.1, 0.15) is 18.9 Å². The number of para-hydroxylation sites is 1. The molecule has 108 valence electrons. The number of ether oxygens (including phenoxy) is 1. The van der Waals surface area contributed by atoms with E-state index in [2.05, 4.69) is 11.8 Å². The molecule has 1 aromatic rings. The molecule has 1 aliphatic rings. The lowest BCUT2D eigenvalue weighted by atomic mass is 9.90. The van der Waals surface area contributed by atoms with Crippen LogP contribution in [0.2, 0.25) is 0 Å². The van der Waals surface area contributed by atoms with Crippen LogP contribution >= 0.6 is 12.4 Å². The van der Waals surface area contributed by atoms with Gasteiger partial charge in [0.2, 0.25) is 0 Å². The Morgan fingerprint density at radius 3 is 2.79 bits per heavy atom. The van der Waals surface area contributed by atoms with Gasteiger partial charge in [-0.25, -0.2) is 0 Å². The molecule has 0 amide bonds. The first kappa shape index (κ1) is 16.1. The molecule has 1 aliphatic heterocycles. The molecule has 1 heterocycles. The number of phenolic OH excluding ortho intramolecular Hbond substituents is 1. The summed E-state index contributed by atoms with van der Waals surface area (Å²) in [5.41, 5.74) is 7.07. The third-order valence-electron chi connectivity index (χ3n) is 3.80. The minimum Gasteiger partial charge on any atom is -0.504 e. The second kappa shape index (κ2) is 6.46. The number of hydrogen-bond acceptors (Lipinski definition) is 4. The summed E-state index contributed by atoms with van der Waals surface area (Å²) in [6.07, 6.45) is 1.13. The first-order valence-corrected chi connectivity index (χ1v) is 6.35. The maximum Gasteiger partial charge on any atom is 0.164 e. The Morgan fingerprint density at radius 2 is 2.21 bits per heavy atom. The molecule has 1 unspecified atom stereocenters. The van der Waals surface area contributed by atoms with Gasteiger partial charge in [-0.15, -0.1) is 12.4 Å². The van der Waals surface area contributed by atoms with Crippen molar-refractivity contribution in [2.75, 3.05) is 26.7 Å². The van der Waals surface area contributed by atoms with Gasteiger partial charge in [-0.2, -0.15) is 0 Å². The Morgan fingerprint density at radius 1 is 1.47 bits per heavy atom. The number of hydrogen-bond donors (Lipinski definition) is 2. The van der Waals surface area contributed by atoms with E-state index in [1.165, 1.54) is 0 Å². The molecule has 19 heavy (non-hydrogen) atoms. The fraction of sp³-hybridized carbons (Fsp3) is 0.571. The van der Waals surface area contributed by atoms with Crippen molar-refractivity contribution in [3.05, 3.63) is 23.8 Å². The van der Waals surface area contributed by atoms with Crippen molar-refractivity contribution in [1.29, 1.82) is 0 Å². The smallest absolute Gasteiger partial charge is 0.164 e. The molecule has 1 saturated heterocycles. The quantitative estimate of drug-likeness (QED) is 0.889. The standard InChI is InChI=1S/C14H22N2O2.ClH/c1-14(9-15)6-7-16(10-14)8-11-4-3-5-12(17)13(11)18-2;/h3-5,17H,6-10,15H2,1-2H3;1H. The highest BCUT2D eigenvalue weighted by Crippen LogP contribution is 2.34. The van der Waals surface area contributed by atoms with Crippen molar-refractivity contribution < 1.29 is 9.84 Å². The van der Waals surface area contributed by atoms with E-state index in [1.807, 2.05) is 12.1 Å². The van der Waals surface area contributed by atoms with E-state index in [4.69, 9.17) is 10.5 Å². The molecule has 0 aliphatic carbocycles. The normalized spacial score (nSPS) is 23.1. The second-order valence-electron chi connectivity index (χ2n) is 5.44. The summed E-state index contributed by atoms with van der Waals surface area (Å²) in [4.78, 5) is 2.37. The van der Waals surface area contributed by atoms with Crippen molar-refractivity contribution in [2.24, 2.45) is 11.1 Å². The zero-order chi connectivity index (χ0) is 13.2. The SMILES string of the molecule is COc1c(O)cccc1CN1CCC(C)(CN)C1.Cl. The number of methoxy groups -OCH3 is 1. The molecule has 1 aromatic carbocycles. The van der Waals surface area contributed by atoms with E-state index in [9.17, 15) is 5.11 Å². The molecular formula is C14H23ClN2O2. The van der Waals surface area contributed by atoms with E-state index in [1.54, 1.807) is 13.2 Å².